The molecule has 2 saturated heterocycles. The molecule has 4 amide bonds. The highest BCUT2D eigenvalue weighted by Crippen LogP contribution is 2.64. The van der Waals surface area contributed by atoms with Gasteiger partial charge in [0, 0.05) is 5.92 Å². The molecule has 12 heteroatoms. The number of aliphatic hydroxyl groups is 1. The second kappa shape index (κ2) is 13.5. The minimum Gasteiger partial charge on any atom is -0.491 e. The van der Waals surface area contributed by atoms with Crippen molar-refractivity contribution in [1.29, 1.82) is 0 Å². The number of aliphatic hydroxyl groups excluding tert-OH is 1. The van der Waals surface area contributed by atoms with E-state index in [1.807, 2.05) is 79.7 Å². The van der Waals surface area contributed by atoms with Crippen molar-refractivity contribution in [1.82, 2.24) is 5.01 Å². The fourth-order valence-electron chi connectivity index (χ4n) is 9.12. The average Bonchev–Trinajstić information content (AvgIpc) is 3.56. The maximum atomic E-state index is 15.3. The molecule has 4 aromatic carbocycles. The molecular weight excluding hydrogens is 673 g/mol. The van der Waals surface area contributed by atoms with Gasteiger partial charge < -0.3 is 19.9 Å². The predicted octanol–water partition coefficient (Wildman–Crippen LogP) is 3.24. The van der Waals surface area contributed by atoms with Crippen LogP contribution >= 0.6 is 0 Å². The van der Waals surface area contributed by atoms with Gasteiger partial charge in [-0.2, -0.15) is 5.01 Å². The largest absolute Gasteiger partial charge is 0.491 e. The average molecular weight is 712 g/mol. The van der Waals surface area contributed by atoms with Gasteiger partial charge in [-0.05, 0) is 78.7 Å². The van der Waals surface area contributed by atoms with E-state index in [2.05, 4.69) is 5.43 Å². The Balaban J connectivity index is 1.28. The molecule has 6 unspecified atom stereocenters. The number of fused-ring (bicyclic) bond motifs is 4. The zero-order valence-electron chi connectivity index (χ0n) is 29.0. The van der Waals surface area contributed by atoms with Crippen LogP contribution in [0.5, 0.6) is 5.75 Å². The van der Waals surface area contributed by atoms with E-state index < -0.39 is 65.8 Å². The molecule has 11 nitrogen and oxygen atoms in total. The summed E-state index contributed by atoms with van der Waals surface area (Å²) in [6.07, 6.45) is 2.38. The second-order valence-electron chi connectivity index (χ2n) is 14.2. The number of nitrogens with zero attached hydrogens (tertiary/aromatic N) is 2. The lowest BCUT2D eigenvalue weighted by atomic mass is 9.49. The van der Waals surface area contributed by atoms with E-state index in [0.29, 0.717) is 17.0 Å². The summed E-state index contributed by atoms with van der Waals surface area (Å²) in [6, 6.07) is 30.1. The molecule has 0 aromatic heterocycles. The number of amides is 4. The summed E-state index contributed by atoms with van der Waals surface area (Å²) in [5, 5.41) is 30.1. The van der Waals surface area contributed by atoms with Crippen LogP contribution in [0.3, 0.4) is 0 Å². The van der Waals surface area contributed by atoms with E-state index in [1.165, 1.54) is 12.1 Å². The Hall–Kier alpha value is -5.56. The number of rotatable bonds is 9. The Kier molecular flexibility index (Phi) is 8.76. The van der Waals surface area contributed by atoms with Crippen LogP contribution in [0.4, 0.5) is 11.4 Å². The smallest absolute Gasteiger partial charge is 0.488 e. The number of allylic oxidation sites excluding steroid dienone is 2. The standard InChI is InChI=1S/C41H38BN3O8/c1-24-10-14-28(15-11-24)43-45-38(48)34-23-33-31(18-19-32-35(33)39(49)44(37(32)47)29-9-5-8-27(22-29)42(51)52)36(25-12-16-30(17-13-25)53-21-20-46)41(34,40(45)50)26-6-3-2-4-7-26/h2-18,22,32-36,43,46,51-52H,19-21,23H2,1H3. The zero-order valence-corrected chi connectivity index (χ0v) is 29.0. The first-order valence-electron chi connectivity index (χ1n) is 17.8. The number of nitrogens with one attached hydrogen (secondary N) is 1. The molecule has 2 aliphatic carbocycles. The first-order valence-corrected chi connectivity index (χ1v) is 17.8. The third-order valence-corrected chi connectivity index (χ3v) is 11.4. The first-order chi connectivity index (χ1) is 25.6. The highest BCUT2D eigenvalue weighted by Gasteiger charge is 2.70. The highest BCUT2D eigenvalue weighted by molar-refractivity contribution is 6.58. The summed E-state index contributed by atoms with van der Waals surface area (Å²) in [6.45, 7) is 1.90. The summed E-state index contributed by atoms with van der Waals surface area (Å²) in [5.41, 5.74) is 5.90. The zero-order chi connectivity index (χ0) is 37.0. The number of hydrogen-bond donors (Lipinski definition) is 4. The summed E-state index contributed by atoms with van der Waals surface area (Å²) >= 11 is 0. The number of carbonyl (C=O) groups is 4. The Labute approximate surface area is 306 Å². The van der Waals surface area contributed by atoms with E-state index >= 15 is 4.79 Å². The van der Waals surface area contributed by atoms with Gasteiger partial charge >= 0.3 is 7.12 Å². The monoisotopic (exact) mass is 711 g/mol. The van der Waals surface area contributed by atoms with Gasteiger partial charge in [-0.3, -0.25) is 29.5 Å². The van der Waals surface area contributed by atoms with E-state index in [0.717, 1.165) is 26.6 Å². The predicted molar refractivity (Wildman–Crippen MR) is 197 cm³/mol. The lowest BCUT2D eigenvalue weighted by Gasteiger charge is -2.50. The van der Waals surface area contributed by atoms with Gasteiger partial charge in [0.1, 0.15) is 12.4 Å². The molecule has 6 atom stereocenters. The van der Waals surface area contributed by atoms with Gasteiger partial charge in [0.25, 0.3) is 11.8 Å². The van der Waals surface area contributed by atoms with Gasteiger partial charge in [-0.15, -0.1) is 0 Å². The number of benzene rings is 4. The SMILES string of the molecule is Cc1ccc(NN2C(=O)C3CC4C(=CCC5C(=O)N(c6cccc(B(O)O)c6)C(=O)C54)C(c4ccc(OCCO)cc4)C3(c3ccccc3)C2=O)cc1. The minimum atomic E-state index is -1.79. The first kappa shape index (κ1) is 34.5. The Morgan fingerprint density at radius 2 is 1.58 bits per heavy atom. The van der Waals surface area contributed by atoms with Crippen LogP contribution in [0, 0.1) is 30.6 Å². The molecule has 2 heterocycles. The number of ether oxygens (including phenoxy) is 1. The van der Waals surface area contributed by atoms with E-state index in [9.17, 15) is 29.5 Å². The van der Waals surface area contributed by atoms with E-state index in [4.69, 9.17) is 4.74 Å². The third kappa shape index (κ3) is 5.48. The molecule has 3 fully saturated rings. The van der Waals surface area contributed by atoms with Crippen molar-refractivity contribution in [2.45, 2.75) is 31.1 Å². The molecule has 1 saturated carbocycles. The number of aryl methyl sites for hydroxylation is 1. The van der Waals surface area contributed by atoms with Gasteiger partial charge in [0.15, 0.2) is 0 Å². The van der Waals surface area contributed by atoms with Crippen molar-refractivity contribution in [3.05, 3.63) is 131 Å². The van der Waals surface area contributed by atoms with Crippen LogP contribution < -0.4 is 20.5 Å². The van der Waals surface area contributed by atoms with Crippen LogP contribution in [-0.4, -0.2) is 64.1 Å². The van der Waals surface area contributed by atoms with Crippen molar-refractivity contribution in [2.75, 3.05) is 23.5 Å². The fraction of sp³-hybridized carbons (Fsp3) is 0.268. The van der Waals surface area contributed by atoms with Crippen molar-refractivity contribution >= 4 is 47.6 Å². The number of hydrogen-bond acceptors (Lipinski definition) is 9. The lowest BCUT2D eigenvalue weighted by Crippen LogP contribution is -2.53. The van der Waals surface area contributed by atoms with Crippen LogP contribution in [0.2, 0.25) is 0 Å². The molecule has 4 N–H and O–H groups in total. The van der Waals surface area contributed by atoms with Crippen LogP contribution in [0.25, 0.3) is 0 Å². The summed E-state index contributed by atoms with van der Waals surface area (Å²) in [7, 11) is -1.79. The van der Waals surface area contributed by atoms with Gasteiger partial charge in [-0.1, -0.05) is 83.9 Å². The summed E-state index contributed by atoms with van der Waals surface area (Å²) in [5.74, 6) is -4.81. The third-order valence-electron chi connectivity index (χ3n) is 11.4. The molecule has 53 heavy (non-hydrogen) atoms. The van der Waals surface area contributed by atoms with Crippen molar-refractivity contribution in [3.8, 4) is 5.75 Å². The fourth-order valence-corrected chi connectivity index (χ4v) is 9.12. The molecular formula is C41H38BN3O8. The molecule has 2 aliphatic heterocycles. The molecule has 4 aromatic rings. The normalized spacial score (nSPS) is 26.2. The molecule has 268 valence electrons. The van der Waals surface area contributed by atoms with Crippen LogP contribution in [0.1, 0.15) is 35.4 Å². The highest BCUT2D eigenvalue weighted by atomic mass is 16.5. The number of anilines is 2. The Bertz CT molecular complexity index is 2120. The number of hydrazine groups is 1. The van der Waals surface area contributed by atoms with Crippen LogP contribution in [-0.2, 0) is 24.6 Å². The topological polar surface area (TPSA) is 157 Å². The molecule has 0 bridgehead atoms. The second-order valence-corrected chi connectivity index (χ2v) is 14.2. The number of imide groups is 2. The maximum absolute atomic E-state index is 15.3. The van der Waals surface area contributed by atoms with Gasteiger partial charge in [-0.25, -0.2) is 0 Å². The molecule has 0 spiro atoms. The molecule has 0 radical (unpaired) electrons. The van der Waals surface area contributed by atoms with Crippen LogP contribution in [0.15, 0.2) is 115 Å². The summed E-state index contributed by atoms with van der Waals surface area (Å²) < 4.78 is 5.67. The van der Waals surface area contributed by atoms with Crippen molar-refractivity contribution in [2.24, 2.45) is 23.7 Å². The minimum absolute atomic E-state index is 0.106. The number of carbonyl (C=O) groups excluding carboxylic acids is 4. The Morgan fingerprint density at radius 1 is 0.849 bits per heavy atom. The van der Waals surface area contributed by atoms with Crippen molar-refractivity contribution < 1.29 is 39.1 Å². The Morgan fingerprint density at radius 3 is 2.28 bits per heavy atom. The van der Waals surface area contributed by atoms with Gasteiger partial charge in [0.2, 0.25) is 11.8 Å². The van der Waals surface area contributed by atoms with Crippen molar-refractivity contribution in [3.63, 3.8) is 0 Å². The quantitative estimate of drug-likeness (QED) is 0.116. The van der Waals surface area contributed by atoms with E-state index in [1.54, 1.807) is 24.3 Å². The molecule has 8 rings (SSSR count). The van der Waals surface area contributed by atoms with E-state index in [-0.39, 0.29) is 37.2 Å². The lowest BCUT2D eigenvalue weighted by molar-refractivity contribution is -0.138. The maximum Gasteiger partial charge on any atom is 0.488 e. The molecule has 4 aliphatic rings. The van der Waals surface area contributed by atoms with Gasteiger partial charge in [0.05, 0.1) is 41.2 Å². The summed E-state index contributed by atoms with van der Waals surface area (Å²) in [4.78, 5) is 59.8.